The van der Waals surface area contributed by atoms with Gasteiger partial charge in [-0.15, -0.1) is 0 Å². The molecule has 3 nitrogen and oxygen atoms in total. The number of carbonyl (C=O) groups is 2. The van der Waals surface area contributed by atoms with Gasteiger partial charge >= 0.3 is 0 Å². The van der Waals surface area contributed by atoms with E-state index in [0.717, 1.165) is 0 Å². The number of amides is 1. The van der Waals surface area contributed by atoms with Crippen molar-refractivity contribution in [3.05, 3.63) is 74.1 Å². The molecule has 1 unspecified atom stereocenters. The highest BCUT2D eigenvalue weighted by atomic mass is 35.5. The topological polar surface area (TPSA) is 37.4 Å². The van der Waals surface area contributed by atoms with Gasteiger partial charge in [0.1, 0.15) is 5.82 Å². The minimum Gasteiger partial charge on any atom is -0.294 e. The van der Waals surface area contributed by atoms with Gasteiger partial charge in [0.25, 0.3) is 0 Å². The predicted octanol–water partition coefficient (Wildman–Crippen LogP) is 6.95. The molecule has 0 N–H and O–H groups in total. The summed E-state index contributed by atoms with van der Waals surface area (Å²) in [4.78, 5) is 28.1. The molecule has 1 atom stereocenters. The summed E-state index contributed by atoms with van der Waals surface area (Å²) < 4.78 is 14.8. The number of anilines is 1. The SMILES string of the molecule is CC1(C)CC(=O)C2=C(C1)N(c1cccc(Cl)c1Cl)C(=O)CC2c1c(F)cccc1Cl. The summed E-state index contributed by atoms with van der Waals surface area (Å²) >= 11 is 18.9. The van der Waals surface area contributed by atoms with Crippen LogP contribution in [-0.2, 0) is 9.59 Å². The third kappa shape index (κ3) is 3.55. The Morgan fingerprint density at radius 3 is 2.37 bits per heavy atom. The summed E-state index contributed by atoms with van der Waals surface area (Å²) in [6.45, 7) is 3.94. The van der Waals surface area contributed by atoms with Gasteiger partial charge in [-0.1, -0.05) is 60.8 Å². The highest BCUT2D eigenvalue weighted by Gasteiger charge is 2.45. The molecule has 2 aromatic carbocycles. The average molecular weight is 467 g/mol. The molecule has 1 heterocycles. The summed E-state index contributed by atoms with van der Waals surface area (Å²) in [6, 6.07) is 9.40. The molecular formula is C23H19Cl3FNO2. The second kappa shape index (κ2) is 7.67. The highest BCUT2D eigenvalue weighted by Crippen LogP contribution is 2.50. The Hall–Kier alpha value is -1.88. The summed E-state index contributed by atoms with van der Waals surface area (Å²) in [5.74, 6) is -1.66. The molecule has 0 bridgehead atoms. The molecule has 0 saturated carbocycles. The number of nitrogens with zero attached hydrogens (tertiary/aromatic N) is 1. The Morgan fingerprint density at radius 2 is 1.67 bits per heavy atom. The van der Waals surface area contributed by atoms with Crippen molar-refractivity contribution in [1.29, 1.82) is 0 Å². The van der Waals surface area contributed by atoms with Crippen molar-refractivity contribution >= 4 is 52.2 Å². The molecule has 0 saturated heterocycles. The third-order valence-corrected chi connectivity index (χ3v) is 6.80. The summed E-state index contributed by atoms with van der Waals surface area (Å²) in [5, 5.41) is 0.744. The summed E-state index contributed by atoms with van der Waals surface area (Å²) in [7, 11) is 0. The van der Waals surface area contributed by atoms with Crippen molar-refractivity contribution in [1.82, 2.24) is 0 Å². The second-order valence-corrected chi connectivity index (χ2v) is 9.69. The molecule has 0 spiro atoms. The maximum absolute atomic E-state index is 14.8. The molecule has 2 aromatic rings. The zero-order chi connectivity index (χ0) is 21.8. The van der Waals surface area contributed by atoms with Crippen LogP contribution < -0.4 is 4.90 Å². The number of benzene rings is 2. The molecule has 1 aliphatic carbocycles. The Kier molecular flexibility index (Phi) is 5.46. The van der Waals surface area contributed by atoms with Gasteiger partial charge in [0, 0.05) is 40.6 Å². The van der Waals surface area contributed by atoms with E-state index in [-0.39, 0.29) is 39.1 Å². The monoisotopic (exact) mass is 465 g/mol. The summed E-state index contributed by atoms with van der Waals surface area (Å²) in [5.41, 5.74) is 1.22. The van der Waals surface area contributed by atoms with Gasteiger partial charge in [-0.05, 0) is 36.1 Å². The van der Waals surface area contributed by atoms with Gasteiger partial charge in [0.05, 0.1) is 15.7 Å². The van der Waals surface area contributed by atoms with Gasteiger partial charge in [-0.3, -0.25) is 14.5 Å². The Balaban J connectivity index is 1.98. The molecule has 1 aliphatic heterocycles. The van der Waals surface area contributed by atoms with E-state index in [9.17, 15) is 14.0 Å². The number of carbonyl (C=O) groups excluding carboxylic acids is 2. The van der Waals surface area contributed by atoms with Crippen LogP contribution in [0.15, 0.2) is 47.7 Å². The number of hydrogen-bond donors (Lipinski definition) is 0. The van der Waals surface area contributed by atoms with Gasteiger partial charge in [0.15, 0.2) is 5.78 Å². The number of Topliss-reactive ketones (excluding diaryl/α,β-unsaturated/α-hetero) is 1. The van der Waals surface area contributed by atoms with E-state index in [4.69, 9.17) is 34.8 Å². The normalized spacial score (nSPS) is 21.1. The molecule has 0 fully saturated rings. The molecule has 0 aromatic heterocycles. The lowest BCUT2D eigenvalue weighted by molar-refractivity contribution is -0.121. The van der Waals surface area contributed by atoms with Crippen molar-refractivity contribution in [3.8, 4) is 0 Å². The number of allylic oxidation sites excluding steroid dienone is 2. The van der Waals surface area contributed by atoms with Crippen molar-refractivity contribution in [3.63, 3.8) is 0 Å². The van der Waals surface area contributed by atoms with E-state index in [2.05, 4.69) is 0 Å². The first-order chi connectivity index (χ1) is 14.1. The highest BCUT2D eigenvalue weighted by molar-refractivity contribution is 6.44. The fourth-order valence-electron chi connectivity index (χ4n) is 4.45. The second-order valence-electron chi connectivity index (χ2n) is 8.50. The largest absolute Gasteiger partial charge is 0.294 e. The molecule has 7 heteroatoms. The molecule has 1 amide bonds. The van der Waals surface area contributed by atoms with Crippen LogP contribution in [0, 0.1) is 11.2 Å². The molecule has 30 heavy (non-hydrogen) atoms. The fraction of sp³-hybridized carbons (Fsp3) is 0.304. The molecule has 0 radical (unpaired) electrons. The average Bonchev–Trinajstić information content (AvgIpc) is 2.63. The van der Waals surface area contributed by atoms with Crippen LogP contribution in [0.3, 0.4) is 0 Å². The quantitative estimate of drug-likeness (QED) is 0.480. The molecule has 4 rings (SSSR count). The van der Waals surface area contributed by atoms with Gasteiger partial charge in [-0.25, -0.2) is 4.39 Å². The van der Waals surface area contributed by atoms with E-state index >= 15 is 0 Å². The zero-order valence-electron chi connectivity index (χ0n) is 16.4. The van der Waals surface area contributed by atoms with Crippen LogP contribution in [0.25, 0.3) is 0 Å². The van der Waals surface area contributed by atoms with E-state index in [1.807, 2.05) is 13.8 Å². The first-order valence-corrected chi connectivity index (χ1v) is 10.7. The Bertz CT molecular complexity index is 1090. The first kappa shape index (κ1) is 21.4. The van der Waals surface area contributed by atoms with Crippen molar-refractivity contribution < 1.29 is 14.0 Å². The zero-order valence-corrected chi connectivity index (χ0v) is 18.7. The van der Waals surface area contributed by atoms with Gasteiger partial charge in [-0.2, -0.15) is 0 Å². The maximum atomic E-state index is 14.8. The van der Waals surface area contributed by atoms with Crippen molar-refractivity contribution in [2.24, 2.45) is 5.41 Å². The predicted molar refractivity (Wildman–Crippen MR) is 118 cm³/mol. The Morgan fingerprint density at radius 1 is 1.00 bits per heavy atom. The molecular weight excluding hydrogens is 448 g/mol. The molecule has 156 valence electrons. The standard InChI is InChI=1S/C23H19Cl3FNO2/c1-23(2)10-17-21(18(29)11-23)12(20-13(24)5-3-7-15(20)27)9-19(30)28(17)16-8-4-6-14(25)22(16)26/h3-8,12H,9-11H2,1-2H3. The maximum Gasteiger partial charge on any atom is 0.232 e. The lowest BCUT2D eigenvalue weighted by Crippen LogP contribution is -2.44. The molecule has 2 aliphatic rings. The van der Waals surface area contributed by atoms with E-state index < -0.39 is 11.7 Å². The van der Waals surface area contributed by atoms with E-state index in [0.29, 0.717) is 34.8 Å². The number of ketones is 1. The van der Waals surface area contributed by atoms with Crippen LogP contribution >= 0.6 is 34.8 Å². The van der Waals surface area contributed by atoms with E-state index in [1.165, 1.54) is 17.0 Å². The first-order valence-electron chi connectivity index (χ1n) is 9.58. The van der Waals surface area contributed by atoms with E-state index in [1.54, 1.807) is 24.3 Å². The lowest BCUT2D eigenvalue weighted by Gasteiger charge is -2.43. The van der Waals surface area contributed by atoms with Crippen molar-refractivity contribution in [2.75, 3.05) is 4.90 Å². The minimum absolute atomic E-state index is 0.0888. The van der Waals surface area contributed by atoms with Crippen LogP contribution in [-0.4, -0.2) is 11.7 Å². The number of hydrogen-bond acceptors (Lipinski definition) is 2. The number of rotatable bonds is 2. The van der Waals surface area contributed by atoms with Crippen LogP contribution in [0.5, 0.6) is 0 Å². The van der Waals surface area contributed by atoms with Crippen LogP contribution in [0.2, 0.25) is 15.1 Å². The number of halogens is 4. The minimum atomic E-state index is -0.737. The third-order valence-electron chi connectivity index (χ3n) is 5.66. The lowest BCUT2D eigenvalue weighted by atomic mass is 9.69. The fourth-order valence-corrected chi connectivity index (χ4v) is 5.12. The van der Waals surface area contributed by atoms with Crippen LogP contribution in [0.4, 0.5) is 10.1 Å². The van der Waals surface area contributed by atoms with Crippen LogP contribution in [0.1, 0.15) is 44.6 Å². The van der Waals surface area contributed by atoms with Crippen molar-refractivity contribution in [2.45, 2.75) is 39.0 Å². The van der Waals surface area contributed by atoms with Gasteiger partial charge < -0.3 is 0 Å². The van der Waals surface area contributed by atoms with Gasteiger partial charge in [0.2, 0.25) is 5.91 Å². The smallest absolute Gasteiger partial charge is 0.232 e. The Labute approximate surface area is 189 Å². The summed E-state index contributed by atoms with van der Waals surface area (Å²) in [6.07, 6.45) is 0.680.